The van der Waals surface area contributed by atoms with Crippen LogP contribution in [-0.2, 0) is 16.0 Å². The van der Waals surface area contributed by atoms with Crippen molar-refractivity contribution in [2.24, 2.45) is 0 Å². The monoisotopic (exact) mass is 286 g/mol. The van der Waals surface area contributed by atoms with Crippen molar-refractivity contribution >= 4 is 9.84 Å². The molecule has 1 rings (SSSR count). The molecule has 0 amide bonds. The number of aliphatic hydroxyl groups excluding tert-OH is 1. The third kappa shape index (κ3) is 3.67. The SMILES string of the molecule is CS(=O)(=O)CC(O)c1cccc(C(F)(F)F)c1F. The summed E-state index contributed by atoms with van der Waals surface area (Å²) < 4.78 is 72.5. The van der Waals surface area contributed by atoms with Crippen molar-refractivity contribution < 1.29 is 31.1 Å². The molecule has 1 N–H and O–H groups in total. The van der Waals surface area contributed by atoms with Crippen LogP contribution in [0.1, 0.15) is 17.2 Å². The van der Waals surface area contributed by atoms with Crippen molar-refractivity contribution in [2.75, 3.05) is 12.0 Å². The van der Waals surface area contributed by atoms with E-state index in [0.717, 1.165) is 18.4 Å². The van der Waals surface area contributed by atoms with Crippen LogP contribution in [-0.4, -0.2) is 25.5 Å². The minimum atomic E-state index is -4.90. The van der Waals surface area contributed by atoms with Crippen LogP contribution in [0.15, 0.2) is 18.2 Å². The molecule has 1 aromatic carbocycles. The lowest BCUT2D eigenvalue weighted by molar-refractivity contribution is -0.140. The van der Waals surface area contributed by atoms with Crippen LogP contribution in [0.2, 0.25) is 0 Å². The Balaban J connectivity index is 3.20. The Kier molecular flexibility index (Phi) is 4.02. The number of rotatable bonds is 3. The molecule has 1 aromatic rings. The van der Waals surface area contributed by atoms with Crippen LogP contribution in [0.5, 0.6) is 0 Å². The molecule has 0 aliphatic rings. The van der Waals surface area contributed by atoms with Crippen LogP contribution < -0.4 is 0 Å². The van der Waals surface area contributed by atoms with Gasteiger partial charge in [0.1, 0.15) is 15.7 Å². The summed E-state index contributed by atoms with van der Waals surface area (Å²) >= 11 is 0. The molecule has 18 heavy (non-hydrogen) atoms. The highest BCUT2D eigenvalue weighted by Gasteiger charge is 2.35. The number of benzene rings is 1. The third-order valence-corrected chi connectivity index (χ3v) is 3.07. The zero-order chi connectivity index (χ0) is 14.1. The second-order valence-electron chi connectivity index (χ2n) is 3.81. The first-order valence-corrected chi connectivity index (χ1v) is 6.80. The fourth-order valence-electron chi connectivity index (χ4n) is 1.40. The maximum Gasteiger partial charge on any atom is 0.419 e. The molecule has 1 unspecified atom stereocenters. The molecule has 102 valence electrons. The van der Waals surface area contributed by atoms with Gasteiger partial charge in [-0.15, -0.1) is 0 Å². The zero-order valence-corrected chi connectivity index (χ0v) is 10.0. The van der Waals surface area contributed by atoms with Crippen LogP contribution in [0, 0.1) is 5.82 Å². The fourth-order valence-corrected chi connectivity index (χ4v) is 2.16. The van der Waals surface area contributed by atoms with E-state index in [9.17, 15) is 31.1 Å². The summed E-state index contributed by atoms with van der Waals surface area (Å²) in [6.07, 6.45) is -5.94. The Hall–Kier alpha value is -1.15. The smallest absolute Gasteiger partial charge is 0.387 e. The van der Waals surface area contributed by atoms with Gasteiger partial charge in [0.2, 0.25) is 0 Å². The van der Waals surface area contributed by atoms with Crippen LogP contribution in [0.25, 0.3) is 0 Å². The van der Waals surface area contributed by atoms with Crippen molar-refractivity contribution in [3.63, 3.8) is 0 Å². The topological polar surface area (TPSA) is 54.4 Å². The Morgan fingerprint density at radius 2 is 1.89 bits per heavy atom. The first-order chi connectivity index (χ1) is 8.02. The highest BCUT2D eigenvalue weighted by atomic mass is 32.2. The quantitative estimate of drug-likeness (QED) is 0.864. The largest absolute Gasteiger partial charge is 0.419 e. The van der Waals surface area contributed by atoms with Gasteiger partial charge in [0, 0.05) is 11.8 Å². The molecule has 1 atom stereocenters. The summed E-state index contributed by atoms with van der Waals surface area (Å²) in [7, 11) is -3.63. The summed E-state index contributed by atoms with van der Waals surface area (Å²) in [5.41, 5.74) is -2.22. The molecule has 0 radical (unpaired) electrons. The predicted octanol–water partition coefficient (Wildman–Crippen LogP) is 1.92. The Bertz CT molecular complexity index is 537. The lowest BCUT2D eigenvalue weighted by Gasteiger charge is -2.14. The zero-order valence-electron chi connectivity index (χ0n) is 9.20. The van der Waals surface area contributed by atoms with Crippen LogP contribution in [0.3, 0.4) is 0 Å². The molecule has 0 aromatic heterocycles. The Labute approximate surface area is 101 Å². The van der Waals surface area contributed by atoms with E-state index < -0.39 is 44.8 Å². The van der Waals surface area contributed by atoms with Crippen molar-refractivity contribution in [3.8, 4) is 0 Å². The minimum Gasteiger partial charge on any atom is -0.387 e. The summed E-state index contributed by atoms with van der Waals surface area (Å²) in [5.74, 6) is -2.49. The van der Waals surface area contributed by atoms with E-state index in [0.29, 0.717) is 6.07 Å². The Morgan fingerprint density at radius 3 is 2.33 bits per heavy atom. The number of sulfone groups is 1. The van der Waals surface area contributed by atoms with Gasteiger partial charge in [0.15, 0.2) is 0 Å². The molecular formula is C10H10F4O3S. The summed E-state index contributed by atoms with van der Waals surface area (Å²) in [5, 5.41) is 9.44. The number of hydrogen-bond donors (Lipinski definition) is 1. The molecule has 0 bridgehead atoms. The summed E-state index contributed by atoms with van der Waals surface area (Å²) in [6.45, 7) is 0. The average Bonchev–Trinajstić information content (AvgIpc) is 2.12. The fraction of sp³-hybridized carbons (Fsp3) is 0.400. The highest BCUT2D eigenvalue weighted by molar-refractivity contribution is 7.90. The van der Waals surface area contributed by atoms with Crippen LogP contribution in [0.4, 0.5) is 17.6 Å². The van der Waals surface area contributed by atoms with Gasteiger partial charge in [0.25, 0.3) is 0 Å². The molecule has 0 aliphatic heterocycles. The number of aliphatic hydroxyl groups is 1. The molecule has 0 fully saturated rings. The summed E-state index contributed by atoms with van der Waals surface area (Å²) in [4.78, 5) is 0. The molecule has 0 saturated carbocycles. The van der Waals surface area contributed by atoms with Crippen molar-refractivity contribution in [1.29, 1.82) is 0 Å². The van der Waals surface area contributed by atoms with Crippen LogP contribution >= 0.6 is 0 Å². The van der Waals surface area contributed by atoms with Crippen molar-refractivity contribution in [3.05, 3.63) is 35.1 Å². The van der Waals surface area contributed by atoms with Crippen molar-refractivity contribution in [1.82, 2.24) is 0 Å². The van der Waals surface area contributed by atoms with Gasteiger partial charge < -0.3 is 5.11 Å². The van der Waals surface area contributed by atoms with Gasteiger partial charge in [-0.3, -0.25) is 0 Å². The maximum atomic E-state index is 13.5. The molecule has 0 spiro atoms. The third-order valence-electron chi connectivity index (χ3n) is 2.15. The van der Waals surface area contributed by atoms with Gasteiger partial charge in [-0.2, -0.15) is 13.2 Å². The molecule has 3 nitrogen and oxygen atoms in total. The molecule has 0 heterocycles. The average molecular weight is 286 g/mol. The van der Waals surface area contributed by atoms with Gasteiger partial charge in [-0.25, -0.2) is 12.8 Å². The lowest BCUT2D eigenvalue weighted by Crippen LogP contribution is -2.16. The molecule has 0 aliphatic carbocycles. The number of alkyl halides is 3. The highest BCUT2D eigenvalue weighted by Crippen LogP contribution is 2.34. The maximum absolute atomic E-state index is 13.5. The van der Waals surface area contributed by atoms with Gasteiger partial charge >= 0.3 is 6.18 Å². The molecular weight excluding hydrogens is 276 g/mol. The predicted molar refractivity (Wildman–Crippen MR) is 56.1 cm³/mol. The number of halogens is 4. The van der Waals surface area contributed by atoms with Gasteiger partial charge in [0.05, 0.1) is 17.4 Å². The van der Waals surface area contributed by atoms with Gasteiger partial charge in [-0.1, -0.05) is 12.1 Å². The van der Waals surface area contributed by atoms with E-state index >= 15 is 0 Å². The molecule has 8 heteroatoms. The van der Waals surface area contributed by atoms with E-state index in [4.69, 9.17) is 0 Å². The van der Waals surface area contributed by atoms with E-state index in [1.165, 1.54) is 0 Å². The normalized spacial score (nSPS) is 14.6. The first kappa shape index (κ1) is 14.9. The van der Waals surface area contributed by atoms with E-state index in [1.807, 2.05) is 0 Å². The second-order valence-corrected chi connectivity index (χ2v) is 6.00. The minimum absolute atomic E-state index is 0.520. The van der Waals surface area contributed by atoms with Crippen molar-refractivity contribution in [2.45, 2.75) is 12.3 Å². The van der Waals surface area contributed by atoms with Gasteiger partial charge in [-0.05, 0) is 6.07 Å². The van der Waals surface area contributed by atoms with E-state index in [-0.39, 0.29) is 0 Å². The second kappa shape index (κ2) is 4.85. The first-order valence-electron chi connectivity index (χ1n) is 4.74. The van der Waals surface area contributed by atoms with E-state index in [1.54, 1.807) is 0 Å². The molecule has 0 saturated heterocycles. The van der Waals surface area contributed by atoms with E-state index in [2.05, 4.69) is 0 Å². The summed E-state index contributed by atoms with van der Waals surface area (Å²) in [6, 6.07) is 2.35. The standard InChI is InChI=1S/C10H10F4O3S/c1-18(16,17)5-8(15)6-3-2-4-7(9(6)11)10(12,13)14/h2-4,8,15H,5H2,1H3. The Morgan fingerprint density at radius 1 is 1.33 bits per heavy atom. The number of hydrogen-bond acceptors (Lipinski definition) is 3. The lowest BCUT2D eigenvalue weighted by atomic mass is 10.1.